The third-order valence-electron chi connectivity index (χ3n) is 2.80. The molecule has 0 saturated heterocycles. The van der Waals surface area contributed by atoms with Crippen molar-refractivity contribution in [2.75, 3.05) is 57.3 Å². The van der Waals surface area contributed by atoms with E-state index in [0.717, 1.165) is 11.4 Å². The second kappa shape index (κ2) is 9.58. The molecule has 0 radical (unpaired) electrons. The highest BCUT2D eigenvalue weighted by atomic mass is 16.5. The van der Waals surface area contributed by atoms with Gasteiger partial charge >= 0.3 is 0 Å². The van der Waals surface area contributed by atoms with Gasteiger partial charge in [0.2, 0.25) is 0 Å². The van der Waals surface area contributed by atoms with Crippen molar-refractivity contribution < 1.29 is 14.6 Å². The van der Waals surface area contributed by atoms with Crippen LogP contribution < -0.4 is 10.2 Å². The molecule has 5 nitrogen and oxygen atoms in total. The molecular weight excluding hydrogens is 256 g/mol. The van der Waals surface area contributed by atoms with E-state index in [-0.39, 0.29) is 0 Å². The van der Waals surface area contributed by atoms with Crippen LogP contribution in [0.25, 0.3) is 0 Å². The fourth-order valence-electron chi connectivity index (χ4n) is 1.78. The number of benzene rings is 1. The number of anilines is 2. The number of para-hydroxylation sites is 2. The highest BCUT2D eigenvalue weighted by Crippen LogP contribution is 2.23. The number of nitrogens with one attached hydrogen (secondary N) is 1. The Kier molecular flexibility index (Phi) is 8.02. The van der Waals surface area contributed by atoms with Gasteiger partial charge < -0.3 is 24.8 Å². The molecule has 0 bridgehead atoms. The molecule has 114 valence electrons. The standard InChI is InChI=1S/C15H26N2O3/c1-4-19-9-10-20-12-13(18)11-16-14-7-5-6-8-15(14)17(2)3/h5-8,13,16,18H,4,9-12H2,1-3H3. The SMILES string of the molecule is CCOCCOCC(O)CNc1ccccc1N(C)C. The molecule has 0 aliphatic rings. The Morgan fingerprint density at radius 3 is 2.60 bits per heavy atom. The lowest BCUT2D eigenvalue weighted by molar-refractivity contribution is 0.0103. The summed E-state index contributed by atoms with van der Waals surface area (Å²) in [7, 11) is 3.99. The number of aliphatic hydroxyl groups is 1. The van der Waals surface area contributed by atoms with Gasteiger partial charge in [-0.15, -0.1) is 0 Å². The van der Waals surface area contributed by atoms with Crippen molar-refractivity contribution in [1.29, 1.82) is 0 Å². The molecule has 20 heavy (non-hydrogen) atoms. The minimum absolute atomic E-state index is 0.310. The van der Waals surface area contributed by atoms with Crippen molar-refractivity contribution in [3.05, 3.63) is 24.3 Å². The summed E-state index contributed by atoms with van der Waals surface area (Å²) >= 11 is 0. The Morgan fingerprint density at radius 2 is 1.90 bits per heavy atom. The molecule has 1 aromatic carbocycles. The van der Waals surface area contributed by atoms with Crippen LogP contribution in [0.4, 0.5) is 11.4 Å². The van der Waals surface area contributed by atoms with Crippen LogP contribution in [-0.2, 0) is 9.47 Å². The molecule has 2 N–H and O–H groups in total. The first-order valence-corrected chi connectivity index (χ1v) is 6.99. The van der Waals surface area contributed by atoms with Crippen LogP contribution in [0.3, 0.4) is 0 Å². The highest BCUT2D eigenvalue weighted by Gasteiger charge is 2.07. The molecular formula is C15H26N2O3. The van der Waals surface area contributed by atoms with E-state index in [2.05, 4.69) is 5.32 Å². The Morgan fingerprint density at radius 1 is 1.20 bits per heavy atom. The average Bonchev–Trinajstić information content (AvgIpc) is 2.45. The lowest BCUT2D eigenvalue weighted by atomic mass is 10.2. The van der Waals surface area contributed by atoms with E-state index < -0.39 is 6.10 Å². The Labute approximate surface area is 121 Å². The van der Waals surface area contributed by atoms with Crippen molar-refractivity contribution in [2.45, 2.75) is 13.0 Å². The monoisotopic (exact) mass is 282 g/mol. The van der Waals surface area contributed by atoms with Gasteiger partial charge in [0.1, 0.15) is 0 Å². The first-order chi connectivity index (χ1) is 9.65. The highest BCUT2D eigenvalue weighted by molar-refractivity contribution is 5.69. The van der Waals surface area contributed by atoms with Gasteiger partial charge in [-0.2, -0.15) is 0 Å². The van der Waals surface area contributed by atoms with Crippen LogP contribution >= 0.6 is 0 Å². The van der Waals surface area contributed by atoms with Gasteiger partial charge in [0.15, 0.2) is 0 Å². The minimum Gasteiger partial charge on any atom is -0.389 e. The molecule has 0 aliphatic heterocycles. The van der Waals surface area contributed by atoms with Crippen molar-refractivity contribution in [2.24, 2.45) is 0 Å². The summed E-state index contributed by atoms with van der Waals surface area (Å²) in [5.41, 5.74) is 2.10. The van der Waals surface area contributed by atoms with Crippen molar-refractivity contribution in [1.82, 2.24) is 0 Å². The molecule has 1 rings (SSSR count). The van der Waals surface area contributed by atoms with Gasteiger partial charge in [0.25, 0.3) is 0 Å². The van der Waals surface area contributed by atoms with Crippen LogP contribution in [0.1, 0.15) is 6.92 Å². The van der Waals surface area contributed by atoms with Crippen LogP contribution in [0, 0.1) is 0 Å². The van der Waals surface area contributed by atoms with E-state index >= 15 is 0 Å². The van der Waals surface area contributed by atoms with Crippen LogP contribution in [0.15, 0.2) is 24.3 Å². The summed E-state index contributed by atoms with van der Waals surface area (Å²) in [4.78, 5) is 2.04. The van der Waals surface area contributed by atoms with Gasteiger partial charge in [-0.25, -0.2) is 0 Å². The molecule has 0 heterocycles. The zero-order valence-corrected chi connectivity index (χ0v) is 12.6. The maximum absolute atomic E-state index is 9.85. The first-order valence-electron chi connectivity index (χ1n) is 6.99. The number of hydrogen-bond acceptors (Lipinski definition) is 5. The summed E-state index contributed by atoms with van der Waals surface area (Å²) in [6.07, 6.45) is -0.535. The van der Waals surface area contributed by atoms with Crippen LogP contribution in [0.2, 0.25) is 0 Å². The third-order valence-corrected chi connectivity index (χ3v) is 2.80. The summed E-state index contributed by atoms with van der Waals surface area (Å²) in [5.74, 6) is 0. The van der Waals surface area contributed by atoms with Crippen LogP contribution in [0.5, 0.6) is 0 Å². The predicted molar refractivity (Wildman–Crippen MR) is 82.6 cm³/mol. The molecule has 1 atom stereocenters. The predicted octanol–water partition coefficient (Wildman–Crippen LogP) is 1.58. The van der Waals surface area contributed by atoms with Crippen molar-refractivity contribution >= 4 is 11.4 Å². The van der Waals surface area contributed by atoms with Crippen molar-refractivity contribution in [3.8, 4) is 0 Å². The maximum Gasteiger partial charge on any atom is 0.0945 e. The smallest absolute Gasteiger partial charge is 0.0945 e. The van der Waals surface area contributed by atoms with E-state index in [9.17, 15) is 5.11 Å². The summed E-state index contributed by atoms with van der Waals surface area (Å²) in [6, 6.07) is 8.00. The summed E-state index contributed by atoms with van der Waals surface area (Å²) < 4.78 is 10.5. The largest absolute Gasteiger partial charge is 0.389 e. The molecule has 1 aromatic rings. The second-order valence-corrected chi connectivity index (χ2v) is 4.72. The van der Waals surface area contributed by atoms with E-state index in [1.54, 1.807) is 0 Å². The number of rotatable bonds is 10. The topological polar surface area (TPSA) is 54.0 Å². The van der Waals surface area contributed by atoms with E-state index in [1.165, 1.54) is 0 Å². The second-order valence-electron chi connectivity index (χ2n) is 4.72. The Hall–Kier alpha value is -1.30. The average molecular weight is 282 g/mol. The molecule has 0 aliphatic carbocycles. The van der Waals surface area contributed by atoms with Gasteiger partial charge in [-0.05, 0) is 19.1 Å². The van der Waals surface area contributed by atoms with Gasteiger partial charge in [-0.1, -0.05) is 12.1 Å². The lowest BCUT2D eigenvalue weighted by Crippen LogP contribution is -2.26. The van der Waals surface area contributed by atoms with Gasteiger partial charge in [0.05, 0.1) is 37.3 Å². The van der Waals surface area contributed by atoms with Gasteiger partial charge in [-0.3, -0.25) is 0 Å². The van der Waals surface area contributed by atoms with E-state index in [4.69, 9.17) is 9.47 Å². The number of hydrogen-bond donors (Lipinski definition) is 2. The van der Waals surface area contributed by atoms with Gasteiger partial charge in [0, 0.05) is 27.2 Å². The fourth-order valence-corrected chi connectivity index (χ4v) is 1.78. The minimum atomic E-state index is -0.535. The Bertz CT molecular complexity index is 372. The first kappa shape index (κ1) is 16.8. The third kappa shape index (κ3) is 6.23. The number of nitrogens with zero attached hydrogens (tertiary/aromatic N) is 1. The summed E-state index contributed by atoms with van der Waals surface area (Å²) in [5, 5.41) is 13.1. The van der Waals surface area contributed by atoms with Crippen molar-refractivity contribution in [3.63, 3.8) is 0 Å². The molecule has 0 fully saturated rings. The molecule has 0 saturated carbocycles. The maximum atomic E-state index is 9.85. The fraction of sp³-hybridized carbons (Fsp3) is 0.600. The quantitative estimate of drug-likeness (QED) is 0.638. The number of aliphatic hydroxyl groups excluding tert-OH is 1. The zero-order chi connectivity index (χ0) is 14.8. The lowest BCUT2D eigenvalue weighted by Gasteiger charge is -2.19. The summed E-state index contributed by atoms with van der Waals surface area (Å²) in [6.45, 7) is 4.48. The number of ether oxygens (including phenoxy) is 2. The normalized spacial score (nSPS) is 12.2. The van der Waals surface area contributed by atoms with Crippen LogP contribution in [-0.4, -0.2) is 58.3 Å². The molecule has 0 amide bonds. The Balaban J connectivity index is 2.28. The van der Waals surface area contributed by atoms with E-state index in [1.807, 2.05) is 50.2 Å². The molecule has 5 heteroatoms. The molecule has 1 unspecified atom stereocenters. The zero-order valence-electron chi connectivity index (χ0n) is 12.6. The van der Waals surface area contributed by atoms with E-state index in [0.29, 0.717) is 33.0 Å². The molecule has 0 aromatic heterocycles. The molecule has 0 spiro atoms.